The average Bonchev–Trinajstić information content (AvgIpc) is 2.49. The van der Waals surface area contributed by atoms with Gasteiger partial charge in [0.05, 0.1) is 20.3 Å². The van der Waals surface area contributed by atoms with Crippen molar-refractivity contribution in [2.75, 3.05) is 25.6 Å². The Morgan fingerprint density at radius 3 is 2.65 bits per heavy atom. The van der Waals surface area contributed by atoms with E-state index in [4.69, 9.17) is 21.1 Å². The summed E-state index contributed by atoms with van der Waals surface area (Å²) in [6.07, 6.45) is 0. The molecular weight excluding hydrogens is 274 g/mol. The van der Waals surface area contributed by atoms with Crippen LogP contribution in [-0.4, -0.2) is 20.3 Å². The number of halogens is 1. The van der Waals surface area contributed by atoms with Crippen LogP contribution in [0, 0.1) is 0 Å². The molecule has 0 bridgehead atoms. The molecule has 0 spiro atoms. The van der Waals surface area contributed by atoms with E-state index in [1.54, 1.807) is 7.11 Å². The number of methoxy groups -OCH3 is 1. The Hall–Kier alpha value is -1.71. The molecule has 0 aromatic heterocycles. The average molecular weight is 292 g/mol. The van der Waals surface area contributed by atoms with Crippen LogP contribution in [0.2, 0.25) is 5.02 Å². The molecule has 2 aromatic rings. The monoisotopic (exact) mass is 291 g/mol. The topological polar surface area (TPSA) is 30.5 Å². The number of nitrogens with one attached hydrogen (secondary N) is 1. The van der Waals surface area contributed by atoms with Gasteiger partial charge in [0.2, 0.25) is 0 Å². The third-order valence-electron chi connectivity index (χ3n) is 2.82. The summed E-state index contributed by atoms with van der Waals surface area (Å²) in [5.41, 5.74) is 2.15. The number of anilines is 1. The lowest BCUT2D eigenvalue weighted by molar-refractivity contribution is 0.130. The summed E-state index contributed by atoms with van der Waals surface area (Å²) >= 11 is 5.83. The van der Waals surface area contributed by atoms with Crippen molar-refractivity contribution in [3.8, 4) is 5.75 Å². The summed E-state index contributed by atoms with van der Waals surface area (Å²) in [6, 6.07) is 15.5. The van der Waals surface area contributed by atoms with E-state index in [0.29, 0.717) is 13.2 Å². The van der Waals surface area contributed by atoms with E-state index in [2.05, 4.69) is 5.32 Å². The maximum atomic E-state index is 5.83. The molecule has 2 aromatic carbocycles. The SMILES string of the molecule is COc1cccc(COCCNc2ccc(Cl)cc2)c1. The quantitative estimate of drug-likeness (QED) is 0.783. The van der Waals surface area contributed by atoms with E-state index in [0.717, 1.165) is 28.6 Å². The van der Waals surface area contributed by atoms with Crippen LogP contribution in [0.4, 0.5) is 5.69 Å². The highest BCUT2D eigenvalue weighted by atomic mass is 35.5. The minimum atomic E-state index is 0.583. The lowest BCUT2D eigenvalue weighted by atomic mass is 10.2. The normalized spacial score (nSPS) is 10.3. The smallest absolute Gasteiger partial charge is 0.119 e. The van der Waals surface area contributed by atoms with E-state index in [1.807, 2.05) is 48.5 Å². The van der Waals surface area contributed by atoms with Crippen molar-refractivity contribution in [2.45, 2.75) is 6.61 Å². The van der Waals surface area contributed by atoms with E-state index in [-0.39, 0.29) is 0 Å². The van der Waals surface area contributed by atoms with Gasteiger partial charge < -0.3 is 14.8 Å². The zero-order valence-electron chi connectivity index (χ0n) is 11.4. The highest BCUT2D eigenvalue weighted by molar-refractivity contribution is 6.30. The molecule has 20 heavy (non-hydrogen) atoms. The Labute approximate surface area is 124 Å². The molecular formula is C16H18ClNO2. The van der Waals surface area contributed by atoms with Gasteiger partial charge in [-0.25, -0.2) is 0 Å². The Morgan fingerprint density at radius 1 is 1.10 bits per heavy atom. The first-order valence-corrected chi connectivity index (χ1v) is 6.86. The van der Waals surface area contributed by atoms with Crippen molar-refractivity contribution < 1.29 is 9.47 Å². The van der Waals surface area contributed by atoms with Crippen molar-refractivity contribution in [3.63, 3.8) is 0 Å². The maximum Gasteiger partial charge on any atom is 0.119 e. The predicted octanol–water partition coefficient (Wildman–Crippen LogP) is 3.98. The summed E-state index contributed by atoms with van der Waals surface area (Å²) in [5, 5.41) is 4.01. The molecule has 1 N–H and O–H groups in total. The fraction of sp³-hybridized carbons (Fsp3) is 0.250. The fourth-order valence-corrected chi connectivity index (χ4v) is 1.91. The van der Waals surface area contributed by atoms with Crippen LogP contribution < -0.4 is 10.1 Å². The summed E-state index contributed by atoms with van der Waals surface area (Å²) in [7, 11) is 1.66. The van der Waals surface area contributed by atoms with Crippen LogP contribution in [-0.2, 0) is 11.3 Å². The molecule has 0 aliphatic rings. The Balaban J connectivity index is 1.67. The maximum absolute atomic E-state index is 5.83. The van der Waals surface area contributed by atoms with Crippen LogP contribution >= 0.6 is 11.6 Å². The number of rotatable bonds is 7. The van der Waals surface area contributed by atoms with Gasteiger partial charge in [0.25, 0.3) is 0 Å². The van der Waals surface area contributed by atoms with Gasteiger partial charge in [0.1, 0.15) is 5.75 Å². The lowest BCUT2D eigenvalue weighted by Gasteiger charge is -2.08. The minimum absolute atomic E-state index is 0.583. The molecule has 0 saturated heterocycles. The third-order valence-corrected chi connectivity index (χ3v) is 3.07. The van der Waals surface area contributed by atoms with Crippen LogP contribution in [0.5, 0.6) is 5.75 Å². The zero-order chi connectivity index (χ0) is 14.2. The summed E-state index contributed by atoms with van der Waals surface area (Å²) < 4.78 is 10.8. The first-order valence-electron chi connectivity index (χ1n) is 6.48. The van der Waals surface area contributed by atoms with Gasteiger partial charge in [-0.05, 0) is 42.0 Å². The molecule has 0 heterocycles. The number of ether oxygens (including phenoxy) is 2. The number of hydrogen-bond donors (Lipinski definition) is 1. The minimum Gasteiger partial charge on any atom is -0.497 e. The van der Waals surface area contributed by atoms with Crippen molar-refractivity contribution >= 4 is 17.3 Å². The van der Waals surface area contributed by atoms with Crippen LogP contribution in [0.25, 0.3) is 0 Å². The van der Waals surface area contributed by atoms with Crippen molar-refractivity contribution in [1.82, 2.24) is 0 Å². The first-order chi connectivity index (χ1) is 9.78. The molecule has 0 amide bonds. The summed E-state index contributed by atoms with van der Waals surface area (Å²) in [5.74, 6) is 0.852. The zero-order valence-corrected chi connectivity index (χ0v) is 12.2. The van der Waals surface area contributed by atoms with E-state index in [9.17, 15) is 0 Å². The van der Waals surface area contributed by atoms with E-state index < -0.39 is 0 Å². The first kappa shape index (κ1) is 14.7. The standard InChI is InChI=1S/C16H18ClNO2/c1-19-16-4-2-3-13(11-16)12-20-10-9-18-15-7-5-14(17)6-8-15/h2-8,11,18H,9-10,12H2,1H3. The van der Waals surface area contributed by atoms with Gasteiger partial charge in [-0.3, -0.25) is 0 Å². The number of benzene rings is 2. The molecule has 4 heteroatoms. The van der Waals surface area contributed by atoms with Crippen molar-refractivity contribution in [1.29, 1.82) is 0 Å². The fourth-order valence-electron chi connectivity index (χ4n) is 1.79. The van der Waals surface area contributed by atoms with Gasteiger partial charge >= 0.3 is 0 Å². The van der Waals surface area contributed by atoms with Gasteiger partial charge in [0, 0.05) is 17.3 Å². The molecule has 3 nitrogen and oxygen atoms in total. The van der Waals surface area contributed by atoms with Gasteiger partial charge in [0.15, 0.2) is 0 Å². The second-order valence-electron chi connectivity index (χ2n) is 4.34. The number of hydrogen-bond acceptors (Lipinski definition) is 3. The lowest BCUT2D eigenvalue weighted by Crippen LogP contribution is -2.09. The third kappa shape index (κ3) is 4.76. The molecule has 0 unspecified atom stereocenters. The molecule has 0 atom stereocenters. The Kier molecular flexibility index (Phi) is 5.71. The highest BCUT2D eigenvalue weighted by Gasteiger charge is 1.96. The molecule has 2 rings (SSSR count). The highest BCUT2D eigenvalue weighted by Crippen LogP contribution is 2.14. The molecule has 0 aliphatic heterocycles. The Bertz CT molecular complexity index is 528. The molecule has 0 fully saturated rings. The summed E-state index contributed by atoms with van der Waals surface area (Å²) in [6.45, 7) is 1.98. The van der Waals surface area contributed by atoms with Crippen LogP contribution in [0.3, 0.4) is 0 Å². The second-order valence-corrected chi connectivity index (χ2v) is 4.77. The van der Waals surface area contributed by atoms with E-state index >= 15 is 0 Å². The van der Waals surface area contributed by atoms with Gasteiger partial charge in [-0.1, -0.05) is 23.7 Å². The molecule has 106 valence electrons. The van der Waals surface area contributed by atoms with E-state index in [1.165, 1.54) is 0 Å². The predicted molar refractivity (Wildman–Crippen MR) is 82.6 cm³/mol. The molecule has 0 saturated carbocycles. The van der Waals surface area contributed by atoms with Crippen LogP contribution in [0.15, 0.2) is 48.5 Å². The van der Waals surface area contributed by atoms with Crippen LogP contribution in [0.1, 0.15) is 5.56 Å². The van der Waals surface area contributed by atoms with Gasteiger partial charge in [-0.2, -0.15) is 0 Å². The van der Waals surface area contributed by atoms with Crippen molar-refractivity contribution in [2.24, 2.45) is 0 Å². The molecule has 0 aliphatic carbocycles. The molecule has 0 radical (unpaired) electrons. The second kappa shape index (κ2) is 7.78. The van der Waals surface area contributed by atoms with Gasteiger partial charge in [-0.15, -0.1) is 0 Å². The largest absolute Gasteiger partial charge is 0.497 e. The van der Waals surface area contributed by atoms with Crippen molar-refractivity contribution in [3.05, 3.63) is 59.1 Å². The summed E-state index contributed by atoms with van der Waals surface area (Å²) in [4.78, 5) is 0. The Morgan fingerprint density at radius 2 is 1.90 bits per heavy atom.